The summed E-state index contributed by atoms with van der Waals surface area (Å²) in [4.78, 5) is 14.7. The Morgan fingerprint density at radius 2 is 1.85 bits per heavy atom. The largest absolute Gasteiger partial charge is 0.453 e. The van der Waals surface area contributed by atoms with Crippen LogP contribution in [0.5, 0.6) is 0 Å². The lowest BCUT2D eigenvalue weighted by Gasteiger charge is -2.03. The van der Waals surface area contributed by atoms with Crippen molar-refractivity contribution in [3.8, 4) is 11.4 Å². The number of carbonyl (C=O) groups is 1. The lowest BCUT2D eigenvalue weighted by molar-refractivity contribution is -0.144. The van der Waals surface area contributed by atoms with Crippen LogP contribution < -0.4 is 0 Å². The van der Waals surface area contributed by atoms with Crippen molar-refractivity contribution >= 4 is 5.78 Å². The Kier molecular flexibility index (Phi) is 3.61. The number of benzene rings is 1. The minimum absolute atomic E-state index is 0.107. The van der Waals surface area contributed by atoms with E-state index in [4.69, 9.17) is 0 Å². The molecule has 20 heavy (non-hydrogen) atoms. The van der Waals surface area contributed by atoms with Crippen LogP contribution in [0.2, 0.25) is 0 Å². The van der Waals surface area contributed by atoms with Gasteiger partial charge in [-0.1, -0.05) is 24.3 Å². The highest BCUT2D eigenvalue weighted by atomic mass is 19.4. The van der Waals surface area contributed by atoms with Crippen molar-refractivity contribution in [1.82, 2.24) is 14.8 Å². The van der Waals surface area contributed by atoms with Gasteiger partial charge in [0.2, 0.25) is 0 Å². The van der Waals surface area contributed by atoms with Crippen molar-refractivity contribution in [3.63, 3.8) is 0 Å². The summed E-state index contributed by atoms with van der Waals surface area (Å²) >= 11 is 0. The topological polar surface area (TPSA) is 47.8 Å². The van der Waals surface area contributed by atoms with E-state index in [2.05, 4.69) is 10.1 Å². The number of ketones is 1. The predicted octanol–water partition coefficient (Wildman–Crippen LogP) is 3.19. The summed E-state index contributed by atoms with van der Waals surface area (Å²) in [6.45, 7) is 3.38. The standard InChI is InChI=1S/C13H12F3N3O/c1-3-19-11(17-12(18-19)13(14,15)16)10-6-4-9(5-7-10)8(2)20/h4-7H,3H2,1-2H3. The van der Waals surface area contributed by atoms with Gasteiger partial charge >= 0.3 is 6.18 Å². The molecule has 106 valence electrons. The molecule has 4 nitrogen and oxygen atoms in total. The third-order valence-electron chi connectivity index (χ3n) is 2.77. The van der Waals surface area contributed by atoms with Gasteiger partial charge in [-0.25, -0.2) is 9.67 Å². The zero-order chi connectivity index (χ0) is 14.9. The first kappa shape index (κ1) is 14.2. The fourth-order valence-electron chi connectivity index (χ4n) is 1.75. The molecule has 0 aliphatic rings. The molecule has 0 aliphatic carbocycles. The molecule has 0 fully saturated rings. The van der Waals surface area contributed by atoms with Crippen LogP contribution in [0, 0.1) is 0 Å². The van der Waals surface area contributed by atoms with Gasteiger partial charge in [0.1, 0.15) is 0 Å². The summed E-state index contributed by atoms with van der Waals surface area (Å²) < 4.78 is 39.0. The summed E-state index contributed by atoms with van der Waals surface area (Å²) in [5, 5.41) is 3.45. The van der Waals surface area contributed by atoms with E-state index in [0.717, 1.165) is 0 Å². The van der Waals surface area contributed by atoms with Crippen LogP contribution in [0.25, 0.3) is 11.4 Å². The number of alkyl halides is 3. The summed E-state index contributed by atoms with van der Waals surface area (Å²) in [7, 11) is 0. The van der Waals surface area contributed by atoms with Gasteiger partial charge in [0.15, 0.2) is 11.6 Å². The van der Waals surface area contributed by atoms with E-state index >= 15 is 0 Å². The quantitative estimate of drug-likeness (QED) is 0.813. The molecule has 0 N–H and O–H groups in total. The van der Waals surface area contributed by atoms with Crippen molar-refractivity contribution < 1.29 is 18.0 Å². The van der Waals surface area contributed by atoms with E-state index in [1.165, 1.54) is 11.6 Å². The minimum atomic E-state index is -4.57. The van der Waals surface area contributed by atoms with E-state index in [-0.39, 0.29) is 18.2 Å². The molecule has 0 radical (unpaired) electrons. The number of nitrogens with zero attached hydrogens (tertiary/aromatic N) is 3. The van der Waals surface area contributed by atoms with Crippen molar-refractivity contribution in [2.75, 3.05) is 0 Å². The van der Waals surface area contributed by atoms with E-state index in [0.29, 0.717) is 11.1 Å². The van der Waals surface area contributed by atoms with Crippen molar-refractivity contribution in [3.05, 3.63) is 35.7 Å². The first-order chi connectivity index (χ1) is 9.32. The highest BCUT2D eigenvalue weighted by Gasteiger charge is 2.37. The highest BCUT2D eigenvalue weighted by Crippen LogP contribution is 2.29. The van der Waals surface area contributed by atoms with Crippen LogP contribution in [0.1, 0.15) is 30.0 Å². The number of Topliss-reactive ketones (excluding diaryl/α,β-unsaturated/α-hetero) is 1. The fraction of sp³-hybridized carbons (Fsp3) is 0.308. The third-order valence-corrected chi connectivity index (χ3v) is 2.77. The molecule has 0 saturated carbocycles. The average Bonchev–Trinajstić information content (AvgIpc) is 2.82. The zero-order valence-corrected chi connectivity index (χ0v) is 10.9. The van der Waals surface area contributed by atoms with Gasteiger partial charge < -0.3 is 0 Å². The molecule has 0 unspecified atom stereocenters. The number of hydrogen-bond acceptors (Lipinski definition) is 3. The van der Waals surface area contributed by atoms with Crippen LogP contribution >= 0.6 is 0 Å². The number of halogens is 3. The Balaban J connectivity index is 2.46. The van der Waals surface area contributed by atoms with Gasteiger partial charge in [0.25, 0.3) is 5.82 Å². The lowest BCUT2D eigenvalue weighted by atomic mass is 10.1. The smallest absolute Gasteiger partial charge is 0.295 e. The molecule has 1 aromatic carbocycles. The average molecular weight is 283 g/mol. The van der Waals surface area contributed by atoms with Crippen LogP contribution in [0.4, 0.5) is 13.2 Å². The van der Waals surface area contributed by atoms with Gasteiger partial charge in [-0.3, -0.25) is 4.79 Å². The molecule has 2 rings (SSSR count). The molecular weight excluding hydrogens is 271 g/mol. The Hall–Kier alpha value is -2.18. The summed E-state index contributed by atoms with van der Waals surface area (Å²) in [6, 6.07) is 6.24. The maximum Gasteiger partial charge on any atom is 0.453 e. The Bertz CT molecular complexity index is 629. The molecule has 1 heterocycles. The van der Waals surface area contributed by atoms with Gasteiger partial charge in [0.05, 0.1) is 0 Å². The molecule has 1 aromatic heterocycles. The first-order valence-electron chi connectivity index (χ1n) is 5.96. The fourth-order valence-corrected chi connectivity index (χ4v) is 1.75. The number of aryl methyl sites for hydroxylation is 1. The minimum Gasteiger partial charge on any atom is -0.295 e. The predicted molar refractivity (Wildman–Crippen MR) is 66.1 cm³/mol. The number of aromatic nitrogens is 3. The molecule has 0 bridgehead atoms. The second-order valence-corrected chi connectivity index (χ2v) is 4.21. The van der Waals surface area contributed by atoms with E-state index < -0.39 is 12.0 Å². The zero-order valence-electron chi connectivity index (χ0n) is 10.9. The van der Waals surface area contributed by atoms with Crippen molar-refractivity contribution in [2.24, 2.45) is 0 Å². The lowest BCUT2D eigenvalue weighted by Crippen LogP contribution is -2.08. The number of hydrogen-bond donors (Lipinski definition) is 0. The second kappa shape index (κ2) is 5.07. The van der Waals surface area contributed by atoms with E-state index in [1.54, 1.807) is 31.2 Å². The van der Waals surface area contributed by atoms with E-state index in [1.807, 2.05) is 0 Å². The second-order valence-electron chi connectivity index (χ2n) is 4.21. The van der Waals surface area contributed by atoms with Crippen molar-refractivity contribution in [2.45, 2.75) is 26.6 Å². The molecular formula is C13H12F3N3O. The number of carbonyl (C=O) groups excluding carboxylic acids is 1. The molecule has 0 atom stereocenters. The molecule has 0 saturated heterocycles. The highest BCUT2D eigenvalue weighted by molar-refractivity contribution is 5.94. The SMILES string of the molecule is CCn1nc(C(F)(F)F)nc1-c1ccc(C(C)=O)cc1. The summed E-state index contributed by atoms with van der Waals surface area (Å²) in [5.74, 6) is -1.13. The number of rotatable bonds is 3. The summed E-state index contributed by atoms with van der Waals surface area (Å²) in [5.41, 5.74) is 0.979. The maximum absolute atomic E-state index is 12.6. The Morgan fingerprint density at radius 1 is 1.25 bits per heavy atom. The summed E-state index contributed by atoms with van der Waals surface area (Å²) in [6.07, 6.45) is -4.57. The van der Waals surface area contributed by atoms with Crippen LogP contribution in [-0.4, -0.2) is 20.5 Å². The Labute approximate surface area is 113 Å². The first-order valence-corrected chi connectivity index (χ1v) is 5.96. The molecule has 7 heteroatoms. The van der Waals surface area contributed by atoms with Gasteiger partial charge in [0, 0.05) is 17.7 Å². The van der Waals surface area contributed by atoms with Crippen LogP contribution in [-0.2, 0) is 12.7 Å². The van der Waals surface area contributed by atoms with E-state index in [9.17, 15) is 18.0 Å². The molecule has 2 aromatic rings. The van der Waals surface area contributed by atoms with Crippen LogP contribution in [0.15, 0.2) is 24.3 Å². The van der Waals surface area contributed by atoms with Crippen molar-refractivity contribution in [1.29, 1.82) is 0 Å². The normalized spacial score (nSPS) is 11.7. The van der Waals surface area contributed by atoms with Gasteiger partial charge in [-0.15, -0.1) is 5.10 Å². The monoisotopic (exact) mass is 283 g/mol. The third kappa shape index (κ3) is 2.71. The van der Waals surface area contributed by atoms with Gasteiger partial charge in [-0.05, 0) is 13.8 Å². The maximum atomic E-state index is 12.6. The van der Waals surface area contributed by atoms with Crippen LogP contribution in [0.3, 0.4) is 0 Å². The molecule has 0 aliphatic heterocycles. The van der Waals surface area contributed by atoms with Gasteiger partial charge in [-0.2, -0.15) is 13.2 Å². The Morgan fingerprint density at radius 3 is 2.30 bits per heavy atom. The molecule has 0 spiro atoms. The molecule has 0 amide bonds.